The van der Waals surface area contributed by atoms with Gasteiger partial charge in [0, 0.05) is 0 Å². The number of carbonyl (C=O) groups is 1. The molecule has 2 rings (SSSR count). The molecule has 2 aromatic carbocycles. The summed E-state index contributed by atoms with van der Waals surface area (Å²) in [6.07, 6.45) is 2.84. The van der Waals surface area contributed by atoms with Gasteiger partial charge in [-0.2, -0.15) is 0 Å². The summed E-state index contributed by atoms with van der Waals surface area (Å²) in [4.78, 5) is 11.7. The van der Waals surface area contributed by atoms with Crippen LogP contribution in [0.5, 0.6) is 5.75 Å². The van der Waals surface area contributed by atoms with Gasteiger partial charge in [0.25, 0.3) is 0 Å². The molecule has 120 valence electrons. The van der Waals surface area contributed by atoms with Crippen LogP contribution in [0.2, 0.25) is 0 Å². The van der Waals surface area contributed by atoms with E-state index in [1.165, 1.54) is 13.0 Å². The molecule has 0 heterocycles. The topological polar surface area (TPSA) is 66.8 Å². The van der Waals surface area contributed by atoms with Crippen molar-refractivity contribution < 1.29 is 19.7 Å². The Bertz CT molecular complexity index is 675. The van der Waals surface area contributed by atoms with Gasteiger partial charge in [-0.25, -0.2) is 0 Å². The van der Waals surface area contributed by atoms with E-state index in [1.807, 2.05) is 48.5 Å². The maximum atomic E-state index is 11.7. The number of aliphatic hydroxyl groups excluding tert-OH is 1. The summed E-state index contributed by atoms with van der Waals surface area (Å²) in [5.74, 6) is 0.146. The molecule has 4 heteroatoms. The van der Waals surface area contributed by atoms with Crippen molar-refractivity contribution in [1.29, 1.82) is 0 Å². The van der Waals surface area contributed by atoms with Crippen LogP contribution in [0.15, 0.2) is 60.7 Å². The minimum atomic E-state index is -1.75. The van der Waals surface area contributed by atoms with Gasteiger partial charge in [0.2, 0.25) is 0 Å². The van der Waals surface area contributed by atoms with Crippen molar-refractivity contribution in [2.75, 3.05) is 6.61 Å². The van der Waals surface area contributed by atoms with Crippen LogP contribution in [0.3, 0.4) is 0 Å². The fourth-order valence-electron chi connectivity index (χ4n) is 1.88. The van der Waals surface area contributed by atoms with E-state index in [0.29, 0.717) is 12.4 Å². The second-order valence-corrected chi connectivity index (χ2v) is 5.48. The lowest BCUT2D eigenvalue weighted by Crippen LogP contribution is -2.37. The summed E-state index contributed by atoms with van der Waals surface area (Å²) in [6, 6.07) is 17.1. The quantitative estimate of drug-likeness (QED) is 0.771. The fourth-order valence-corrected chi connectivity index (χ4v) is 1.88. The summed E-state index contributed by atoms with van der Waals surface area (Å²) in [7, 11) is 0. The van der Waals surface area contributed by atoms with Crippen LogP contribution in [0.25, 0.3) is 6.08 Å². The first kappa shape index (κ1) is 16.9. The average molecular weight is 312 g/mol. The summed E-state index contributed by atoms with van der Waals surface area (Å²) < 4.78 is 5.72. The molecule has 0 aliphatic heterocycles. The lowest BCUT2D eigenvalue weighted by molar-refractivity contribution is -0.133. The first-order valence-corrected chi connectivity index (χ1v) is 7.34. The van der Waals surface area contributed by atoms with E-state index in [0.717, 1.165) is 11.1 Å². The number of benzene rings is 2. The summed E-state index contributed by atoms with van der Waals surface area (Å²) in [5.41, 5.74) is 0.0954. The van der Waals surface area contributed by atoms with Crippen molar-refractivity contribution in [3.8, 4) is 5.75 Å². The van der Waals surface area contributed by atoms with Gasteiger partial charge in [-0.3, -0.25) is 4.79 Å². The molecule has 2 N–H and O–H groups in total. The molecule has 0 amide bonds. The Morgan fingerprint density at radius 3 is 2.61 bits per heavy atom. The van der Waals surface area contributed by atoms with Crippen LogP contribution in [0, 0.1) is 0 Å². The highest BCUT2D eigenvalue weighted by Crippen LogP contribution is 2.17. The zero-order valence-corrected chi connectivity index (χ0v) is 13.0. The normalized spacial score (nSPS) is 13.7. The van der Waals surface area contributed by atoms with Crippen LogP contribution in [-0.2, 0) is 11.4 Å². The molecular formula is C19H20O4. The van der Waals surface area contributed by atoms with E-state index in [2.05, 4.69) is 0 Å². The predicted octanol–water partition coefficient (Wildman–Crippen LogP) is 2.59. The minimum Gasteiger partial charge on any atom is -0.489 e. The van der Waals surface area contributed by atoms with Crippen LogP contribution in [0.4, 0.5) is 0 Å². The number of carbonyl (C=O) groups excluding carboxylic acids is 1. The fraction of sp³-hybridized carbons (Fsp3) is 0.211. The molecule has 1 atom stereocenters. The van der Waals surface area contributed by atoms with Gasteiger partial charge < -0.3 is 14.9 Å². The smallest absolute Gasteiger partial charge is 0.189 e. The first-order valence-electron chi connectivity index (χ1n) is 7.34. The van der Waals surface area contributed by atoms with Crippen LogP contribution in [-0.4, -0.2) is 28.2 Å². The molecule has 0 spiro atoms. The Morgan fingerprint density at radius 1 is 1.17 bits per heavy atom. The monoisotopic (exact) mass is 312 g/mol. The van der Waals surface area contributed by atoms with Gasteiger partial charge in [-0.1, -0.05) is 48.5 Å². The molecule has 0 aliphatic carbocycles. The molecule has 0 saturated carbocycles. The van der Waals surface area contributed by atoms with Gasteiger partial charge >= 0.3 is 0 Å². The van der Waals surface area contributed by atoms with E-state index in [1.54, 1.807) is 12.1 Å². The lowest BCUT2D eigenvalue weighted by Gasteiger charge is -2.15. The van der Waals surface area contributed by atoms with E-state index >= 15 is 0 Å². The number of rotatable bonds is 7. The molecule has 4 nitrogen and oxygen atoms in total. The molecule has 0 bridgehead atoms. The van der Waals surface area contributed by atoms with Crippen molar-refractivity contribution in [3.05, 3.63) is 71.8 Å². The largest absolute Gasteiger partial charge is 0.489 e. The van der Waals surface area contributed by atoms with Crippen molar-refractivity contribution in [1.82, 2.24) is 0 Å². The Balaban J connectivity index is 2.01. The second-order valence-electron chi connectivity index (χ2n) is 5.48. The van der Waals surface area contributed by atoms with Crippen LogP contribution in [0.1, 0.15) is 18.1 Å². The maximum Gasteiger partial charge on any atom is 0.189 e. The third kappa shape index (κ3) is 5.06. The highest BCUT2D eigenvalue weighted by molar-refractivity contribution is 5.99. The van der Waals surface area contributed by atoms with E-state index in [4.69, 9.17) is 9.84 Å². The molecule has 0 unspecified atom stereocenters. The Labute approximate surface area is 135 Å². The molecule has 0 radical (unpaired) electrons. The van der Waals surface area contributed by atoms with Crippen LogP contribution < -0.4 is 4.74 Å². The maximum absolute atomic E-state index is 11.7. The van der Waals surface area contributed by atoms with Gasteiger partial charge in [0.15, 0.2) is 5.78 Å². The standard InChI is InChI=1S/C19H20O4/c1-19(22,14-20)18(21)11-10-15-8-5-9-17(12-15)23-13-16-6-3-2-4-7-16/h2-12,20,22H,13-14H2,1H3/b11-10+/t19-/m1/s1. The van der Waals surface area contributed by atoms with Crippen LogP contribution >= 0.6 is 0 Å². The Hall–Kier alpha value is -2.43. The summed E-state index contributed by atoms with van der Waals surface area (Å²) >= 11 is 0. The van der Waals surface area contributed by atoms with Crippen molar-refractivity contribution >= 4 is 11.9 Å². The Kier molecular flexibility index (Phi) is 5.68. The summed E-state index contributed by atoms with van der Waals surface area (Å²) in [6.45, 7) is 1.13. The number of hydrogen-bond donors (Lipinski definition) is 2. The molecule has 0 aliphatic rings. The van der Waals surface area contributed by atoms with E-state index in [-0.39, 0.29) is 0 Å². The predicted molar refractivity (Wildman–Crippen MR) is 89.0 cm³/mol. The van der Waals surface area contributed by atoms with E-state index < -0.39 is 18.0 Å². The van der Waals surface area contributed by atoms with Gasteiger partial charge in [0.1, 0.15) is 18.0 Å². The molecule has 0 fully saturated rings. The van der Waals surface area contributed by atoms with Crippen molar-refractivity contribution in [2.45, 2.75) is 19.1 Å². The number of ether oxygens (including phenoxy) is 1. The van der Waals surface area contributed by atoms with Gasteiger partial charge in [0.05, 0.1) is 6.61 Å². The molecule has 0 aromatic heterocycles. The molecule has 0 saturated heterocycles. The zero-order chi connectivity index (χ0) is 16.7. The first-order chi connectivity index (χ1) is 11.0. The van der Waals surface area contributed by atoms with Gasteiger partial charge in [-0.15, -0.1) is 0 Å². The molecular weight excluding hydrogens is 292 g/mol. The summed E-state index contributed by atoms with van der Waals surface area (Å²) in [5, 5.41) is 18.6. The molecule has 2 aromatic rings. The highest BCUT2D eigenvalue weighted by Gasteiger charge is 2.26. The van der Waals surface area contributed by atoms with Crippen molar-refractivity contribution in [2.24, 2.45) is 0 Å². The minimum absolute atomic E-state index is 0.464. The number of hydrogen-bond acceptors (Lipinski definition) is 4. The zero-order valence-electron chi connectivity index (χ0n) is 13.0. The molecule has 23 heavy (non-hydrogen) atoms. The SMILES string of the molecule is C[C@@](O)(CO)C(=O)/C=C/c1cccc(OCc2ccccc2)c1. The number of aliphatic hydroxyl groups is 2. The average Bonchev–Trinajstić information content (AvgIpc) is 2.59. The lowest BCUT2D eigenvalue weighted by atomic mass is 10.0. The van der Waals surface area contributed by atoms with Gasteiger partial charge in [-0.05, 0) is 36.3 Å². The third-order valence-electron chi connectivity index (χ3n) is 3.37. The third-order valence-corrected chi connectivity index (χ3v) is 3.37. The highest BCUT2D eigenvalue weighted by atomic mass is 16.5. The van der Waals surface area contributed by atoms with E-state index in [9.17, 15) is 9.90 Å². The second kappa shape index (κ2) is 7.72. The van der Waals surface area contributed by atoms with Crippen molar-refractivity contribution in [3.63, 3.8) is 0 Å². The Morgan fingerprint density at radius 2 is 1.91 bits per heavy atom. The number of ketones is 1.